The number of fused-ring (bicyclic) bond motifs is 13. The molecule has 12 aromatic rings. The van der Waals surface area contributed by atoms with Crippen LogP contribution in [0.3, 0.4) is 0 Å². The minimum Gasteiger partial charge on any atom is -0.455 e. The summed E-state index contributed by atoms with van der Waals surface area (Å²) in [6.45, 7) is 3.14. The largest absolute Gasteiger partial charge is 0.455 e. The van der Waals surface area contributed by atoms with Gasteiger partial charge in [-0.15, -0.1) is 5.10 Å². The van der Waals surface area contributed by atoms with Gasteiger partial charge in [-0.1, -0.05) is 78.9 Å². The van der Waals surface area contributed by atoms with Gasteiger partial charge in [0.2, 0.25) is 47.0 Å². The molecule has 0 bridgehead atoms. The van der Waals surface area contributed by atoms with Crippen molar-refractivity contribution in [1.82, 2.24) is 19.3 Å². The number of alkyl halides is 3. The number of rotatable bonds is 7. The van der Waals surface area contributed by atoms with E-state index in [-0.39, 0.29) is 11.9 Å². The van der Waals surface area contributed by atoms with E-state index < -0.39 is 12.0 Å². The quantitative estimate of drug-likeness (QED) is 0.150. The van der Waals surface area contributed by atoms with Gasteiger partial charge in [0, 0.05) is 100 Å². The molecule has 1 atom stereocenters. The average molecular weight is 899 g/mol. The Morgan fingerprint density at radius 1 is 0.647 bits per heavy atom. The highest BCUT2D eigenvalue weighted by atomic mass is 19.4. The van der Waals surface area contributed by atoms with Crippen LogP contribution in [0.15, 0.2) is 168 Å². The van der Waals surface area contributed by atoms with E-state index >= 15 is 0 Å². The number of nitrogens with zero attached hydrogens (tertiary/aromatic N) is 7. The summed E-state index contributed by atoms with van der Waals surface area (Å²) in [7, 11) is 3.66. The minimum absolute atomic E-state index is 0.0849. The molecular formula is C57H43F3N7O+3. The second-order valence-electron chi connectivity index (χ2n) is 18.0. The van der Waals surface area contributed by atoms with Crippen molar-refractivity contribution in [2.75, 3.05) is 0 Å². The maximum atomic E-state index is 13.9. The molecule has 330 valence electrons. The minimum atomic E-state index is -4.67. The van der Waals surface area contributed by atoms with Gasteiger partial charge in [0.1, 0.15) is 11.2 Å². The second kappa shape index (κ2) is 14.9. The topological polar surface area (TPSA) is 60.4 Å². The van der Waals surface area contributed by atoms with Crippen molar-refractivity contribution in [2.45, 2.75) is 38.7 Å². The third-order valence-corrected chi connectivity index (χ3v) is 14.2. The summed E-state index contributed by atoms with van der Waals surface area (Å²) in [5, 5.41) is 10.6. The third-order valence-electron chi connectivity index (χ3n) is 14.2. The van der Waals surface area contributed by atoms with E-state index in [1.807, 2.05) is 29.0 Å². The first-order valence-corrected chi connectivity index (χ1v) is 22.9. The van der Waals surface area contributed by atoms with Gasteiger partial charge >= 0.3 is 6.18 Å². The lowest BCUT2D eigenvalue weighted by atomic mass is 9.91. The Labute approximate surface area is 388 Å². The second-order valence-corrected chi connectivity index (χ2v) is 18.0. The molecule has 0 radical (unpaired) electrons. The van der Waals surface area contributed by atoms with Crippen molar-refractivity contribution < 1.29 is 31.3 Å². The number of pyridine rings is 3. The molecule has 0 aliphatic carbocycles. The first-order chi connectivity index (χ1) is 33.1. The smallest absolute Gasteiger partial charge is 0.453 e. The molecule has 8 nitrogen and oxygen atoms in total. The lowest BCUT2D eigenvalue weighted by molar-refractivity contribution is -0.757. The van der Waals surface area contributed by atoms with Crippen LogP contribution in [0.5, 0.6) is 0 Å². The normalized spacial score (nSPS) is 13.8. The summed E-state index contributed by atoms with van der Waals surface area (Å²) in [5.41, 5.74) is 14.8. The average Bonchev–Trinajstić information content (AvgIpc) is 4.10. The highest BCUT2D eigenvalue weighted by Crippen LogP contribution is 2.46. The van der Waals surface area contributed by atoms with E-state index in [1.165, 1.54) is 44.7 Å². The Morgan fingerprint density at radius 3 is 2.22 bits per heavy atom. The first-order valence-electron chi connectivity index (χ1n) is 22.9. The number of halogens is 3. The number of furan rings is 1. The van der Waals surface area contributed by atoms with Crippen LogP contribution in [0, 0.1) is 6.92 Å². The monoisotopic (exact) mass is 898 g/mol. The summed E-state index contributed by atoms with van der Waals surface area (Å²) in [6.07, 6.45) is -2.10. The molecule has 1 aliphatic rings. The third kappa shape index (κ3) is 5.97. The molecular weight excluding hydrogens is 856 g/mol. The summed E-state index contributed by atoms with van der Waals surface area (Å²) >= 11 is 0. The SMILES string of the molecule is Cc1cc2[n+](c3ccccc13)C(Cc1ccc3c4ccccc4n(C)c3c1-c1ccc3ccccc3[n+]1CC[n+]1ccccc1-c1nc(C(F)(F)F)nn1C)c1ccc3c(oc4ccccc43)c1-2. The summed E-state index contributed by atoms with van der Waals surface area (Å²) in [4.78, 5) is 3.98. The predicted octanol–water partition coefficient (Wildman–Crippen LogP) is 11.7. The summed E-state index contributed by atoms with van der Waals surface area (Å²) < 4.78 is 58.8. The number of aryl methyl sites for hydroxylation is 5. The molecule has 68 heavy (non-hydrogen) atoms. The number of para-hydroxylation sites is 4. The van der Waals surface area contributed by atoms with Gasteiger partial charge in [-0.3, -0.25) is 0 Å². The molecule has 6 aromatic heterocycles. The molecule has 13 rings (SSSR count). The fourth-order valence-corrected chi connectivity index (χ4v) is 11.2. The van der Waals surface area contributed by atoms with E-state index in [2.05, 4.69) is 171 Å². The maximum Gasteiger partial charge on any atom is 0.453 e. The number of hydrogen-bond acceptors (Lipinski definition) is 3. The van der Waals surface area contributed by atoms with Crippen LogP contribution in [0.1, 0.15) is 28.6 Å². The van der Waals surface area contributed by atoms with Crippen molar-refractivity contribution in [3.05, 3.63) is 186 Å². The summed E-state index contributed by atoms with van der Waals surface area (Å²) in [5.74, 6) is -1.02. The Balaban J connectivity index is 1.04. The van der Waals surface area contributed by atoms with Gasteiger partial charge in [0.05, 0.1) is 16.6 Å². The fourth-order valence-electron chi connectivity index (χ4n) is 11.2. The van der Waals surface area contributed by atoms with Crippen LogP contribution < -0.4 is 13.7 Å². The fraction of sp³-hybridized carbons (Fsp3) is 0.140. The highest BCUT2D eigenvalue weighted by molar-refractivity contribution is 6.13. The van der Waals surface area contributed by atoms with E-state index in [1.54, 1.807) is 6.07 Å². The first kappa shape index (κ1) is 40.1. The maximum absolute atomic E-state index is 13.9. The molecule has 11 heteroatoms. The Bertz CT molecular complexity index is 4070. The lowest BCUT2D eigenvalue weighted by Crippen LogP contribution is -2.47. The highest BCUT2D eigenvalue weighted by Gasteiger charge is 2.43. The van der Waals surface area contributed by atoms with Gasteiger partial charge in [-0.05, 0) is 60.5 Å². The van der Waals surface area contributed by atoms with E-state index in [0.29, 0.717) is 25.2 Å². The van der Waals surface area contributed by atoms with Gasteiger partial charge in [-0.2, -0.15) is 31.9 Å². The van der Waals surface area contributed by atoms with Gasteiger partial charge in [0.25, 0.3) is 5.82 Å². The van der Waals surface area contributed by atoms with Gasteiger partial charge in [-0.25, -0.2) is 4.68 Å². The standard InChI is InChI=1S/C57H43F3N7O/c1-34-32-49-52-42(27-26-41-39-17-7-11-22-50(39)68-54(41)52)48(67(49)45-20-10-5-15-37(34)45)33-36-23-25-40-38-16-6-9-19-44(38)63(2)53(40)51(36)46-28-24-35-14-4-8-18-43(35)66(46)31-30-65-29-13-12-21-47(65)55-61-56(57(58,59)60)62-64(55)3/h4-29,32,48H,30-31,33H2,1-3H3/q+3. The molecule has 7 heterocycles. The van der Waals surface area contributed by atoms with Crippen molar-refractivity contribution in [2.24, 2.45) is 14.1 Å². The molecule has 6 aromatic carbocycles. The number of hydrogen-bond donors (Lipinski definition) is 0. The lowest BCUT2D eigenvalue weighted by Gasteiger charge is -2.17. The molecule has 0 saturated heterocycles. The van der Waals surface area contributed by atoms with Crippen LogP contribution in [-0.4, -0.2) is 19.3 Å². The van der Waals surface area contributed by atoms with Crippen molar-refractivity contribution in [1.29, 1.82) is 0 Å². The zero-order valence-corrected chi connectivity index (χ0v) is 37.5. The van der Waals surface area contributed by atoms with Crippen LogP contribution >= 0.6 is 0 Å². The van der Waals surface area contributed by atoms with Crippen LogP contribution in [-0.2, 0) is 39.8 Å². The van der Waals surface area contributed by atoms with E-state index in [0.717, 1.165) is 71.8 Å². The van der Waals surface area contributed by atoms with Crippen LogP contribution in [0.25, 0.3) is 99.6 Å². The predicted molar refractivity (Wildman–Crippen MR) is 259 cm³/mol. The molecule has 0 spiro atoms. The Hall–Kier alpha value is -8.18. The zero-order valence-electron chi connectivity index (χ0n) is 37.5. The van der Waals surface area contributed by atoms with Crippen molar-refractivity contribution in [3.8, 4) is 34.0 Å². The molecule has 1 unspecified atom stereocenters. The molecule has 0 fully saturated rings. The number of aromatic nitrogens is 7. The summed E-state index contributed by atoms with van der Waals surface area (Å²) in [6, 6.07) is 55.4. The molecule has 0 N–H and O–H groups in total. The zero-order chi connectivity index (χ0) is 46.0. The Morgan fingerprint density at radius 2 is 1.38 bits per heavy atom. The van der Waals surface area contributed by atoms with Gasteiger partial charge < -0.3 is 8.98 Å². The van der Waals surface area contributed by atoms with E-state index in [4.69, 9.17) is 4.42 Å². The molecule has 1 aliphatic heterocycles. The Kier molecular flexibility index (Phi) is 8.80. The van der Waals surface area contributed by atoms with Crippen molar-refractivity contribution in [3.63, 3.8) is 0 Å². The van der Waals surface area contributed by atoms with Crippen LogP contribution in [0.2, 0.25) is 0 Å². The van der Waals surface area contributed by atoms with Crippen molar-refractivity contribution >= 4 is 65.6 Å². The van der Waals surface area contributed by atoms with E-state index in [9.17, 15) is 13.2 Å². The van der Waals surface area contributed by atoms with Gasteiger partial charge in [0.15, 0.2) is 12.2 Å². The van der Waals surface area contributed by atoms with Crippen LogP contribution in [0.4, 0.5) is 13.2 Å². The number of benzene rings is 6. The molecule has 0 amide bonds. The molecule has 0 saturated carbocycles.